The Balaban J connectivity index is 2.23. The van der Waals surface area contributed by atoms with Crippen LogP contribution < -0.4 is 0 Å². The Morgan fingerprint density at radius 3 is 2.94 bits per heavy atom. The van der Waals surface area contributed by atoms with Crippen molar-refractivity contribution in [2.24, 2.45) is 5.92 Å². The third-order valence-corrected chi connectivity index (χ3v) is 2.54. The van der Waals surface area contributed by atoms with Crippen LogP contribution in [0.25, 0.3) is 0 Å². The van der Waals surface area contributed by atoms with Crippen molar-refractivity contribution in [3.63, 3.8) is 0 Å². The van der Waals surface area contributed by atoms with Crippen molar-refractivity contribution in [2.45, 2.75) is 13.3 Å². The minimum Gasteiger partial charge on any atom is -0.278 e. The molecule has 1 aliphatic rings. The summed E-state index contributed by atoms with van der Waals surface area (Å²) in [5, 5.41) is 0. The zero-order valence-corrected chi connectivity index (χ0v) is 8.81. The average molecular weight is 222 g/mol. The van der Waals surface area contributed by atoms with Crippen molar-refractivity contribution in [1.82, 2.24) is 9.88 Å². The number of nitrogens with zero attached hydrogens (tertiary/aromatic N) is 2. The second-order valence-corrected chi connectivity index (χ2v) is 3.99. The van der Waals surface area contributed by atoms with E-state index in [2.05, 4.69) is 4.98 Å². The SMILES string of the molecule is CC1CC(=O)N(C(=O)c2ccnc(F)c2)C1. The second-order valence-electron chi connectivity index (χ2n) is 3.99. The highest BCUT2D eigenvalue weighted by Crippen LogP contribution is 2.19. The molecule has 84 valence electrons. The molecule has 0 bridgehead atoms. The number of imide groups is 1. The van der Waals surface area contributed by atoms with Gasteiger partial charge in [-0.15, -0.1) is 0 Å². The van der Waals surface area contributed by atoms with E-state index < -0.39 is 11.9 Å². The molecule has 0 saturated carbocycles. The standard InChI is InChI=1S/C11H11FN2O2/c1-7-4-10(15)14(6-7)11(16)8-2-3-13-9(12)5-8/h2-3,5,7H,4,6H2,1H3. The quantitative estimate of drug-likeness (QED) is 0.530. The van der Waals surface area contributed by atoms with E-state index in [4.69, 9.17) is 0 Å². The molecule has 0 aromatic carbocycles. The number of aromatic nitrogens is 1. The van der Waals surface area contributed by atoms with Gasteiger partial charge in [0.15, 0.2) is 0 Å². The number of amides is 2. The van der Waals surface area contributed by atoms with Gasteiger partial charge in [-0.2, -0.15) is 4.39 Å². The van der Waals surface area contributed by atoms with Gasteiger partial charge in [-0.3, -0.25) is 14.5 Å². The van der Waals surface area contributed by atoms with Crippen molar-refractivity contribution in [2.75, 3.05) is 6.54 Å². The summed E-state index contributed by atoms with van der Waals surface area (Å²) < 4.78 is 12.8. The van der Waals surface area contributed by atoms with E-state index in [1.165, 1.54) is 17.2 Å². The van der Waals surface area contributed by atoms with Gasteiger partial charge in [0.25, 0.3) is 5.91 Å². The molecular formula is C11H11FN2O2. The predicted octanol–water partition coefficient (Wildman–Crippen LogP) is 1.23. The number of hydrogen-bond acceptors (Lipinski definition) is 3. The maximum Gasteiger partial charge on any atom is 0.260 e. The zero-order chi connectivity index (χ0) is 11.7. The van der Waals surface area contributed by atoms with Gasteiger partial charge in [-0.1, -0.05) is 6.92 Å². The Kier molecular flexibility index (Phi) is 2.68. The fourth-order valence-electron chi connectivity index (χ4n) is 1.77. The molecule has 4 nitrogen and oxygen atoms in total. The van der Waals surface area contributed by atoms with Crippen molar-refractivity contribution < 1.29 is 14.0 Å². The Hall–Kier alpha value is -1.78. The number of rotatable bonds is 1. The van der Waals surface area contributed by atoms with Crippen LogP contribution in [0.4, 0.5) is 4.39 Å². The lowest BCUT2D eigenvalue weighted by molar-refractivity contribution is -0.125. The highest BCUT2D eigenvalue weighted by atomic mass is 19.1. The molecular weight excluding hydrogens is 211 g/mol. The molecule has 0 aliphatic carbocycles. The van der Waals surface area contributed by atoms with Crippen LogP contribution in [0.3, 0.4) is 0 Å². The van der Waals surface area contributed by atoms with E-state index in [9.17, 15) is 14.0 Å². The number of likely N-dealkylation sites (tertiary alicyclic amines) is 1. The van der Waals surface area contributed by atoms with Gasteiger partial charge < -0.3 is 0 Å². The number of hydrogen-bond donors (Lipinski definition) is 0. The fraction of sp³-hybridized carbons (Fsp3) is 0.364. The lowest BCUT2D eigenvalue weighted by Crippen LogP contribution is -2.32. The summed E-state index contributed by atoms with van der Waals surface area (Å²) in [4.78, 5) is 27.9. The van der Waals surface area contributed by atoms with Crippen molar-refractivity contribution in [3.05, 3.63) is 29.8 Å². The maximum atomic E-state index is 12.8. The summed E-state index contributed by atoms with van der Waals surface area (Å²) in [5.41, 5.74) is 0.162. The van der Waals surface area contributed by atoms with Crippen molar-refractivity contribution >= 4 is 11.8 Å². The summed E-state index contributed by atoms with van der Waals surface area (Å²) in [6, 6.07) is 2.44. The molecule has 1 saturated heterocycles. The highest BCUT2D eigenvalue weighted by Gasteiger charge is 2.31. The molecule has 5 heteroatoms. The van der Waals surface area contributed by atoms with Crippen LogP contribution in [0, 0.1) is 11.9 Å². The molecule has 1 aliphatic heterocycles. The third-order valence-electron chi connectivity index (χ3n) is 2.54. The molecule has 2 rings (SSSR count). The molecule has 1 atom stereocenters. The Bertz CT molecular complexity index is 447. The molecule has 2 heterocycles. The number of carbonyl (C=O) groups is 2. The van der Waals surface area contributed by atoms with E-state index in [0.29, 0.717) is 13.0 Å². The van der Waals surface area contributed by atoms with Gasteiger partial charge >= 0.3 is 0 Å². The van der Waals surface area contributed by atoms with E-state index in [-0.39, 0.29) is 17.4 Å². The number of carbonyl (C=O) groups excluding carboxylic acids is 2. The Morgan fingerprint density at radius 1 is 1.62 bits per heavy atom. The minimum absolute atomic E-state index is 0.162. The lowest BCUT2D eigenvalue weighted by Gasteiger charge is -2.13. The first-order valence-corrected chi connectivity index (χ1v) is 5.04. The van der Waals surface area contributed by atoms with Gasteiger partial charge in [0.2, 0.25) is 11.9 Å². The highest BCUT2D eigenvalue weighted by molar-refractivity contribution is 6.05. The molecule has 16 heavy (non-hydrogen) atoms. The first-order valence-electron chi connectivity index (χ1n) is 5.04. The molecule has 0 N–H and O–H groups in total. The first-order chi connectivity index (χ1) is 7.58. The normalized spacial score (nSPS) is 20.2. The largest absolute Gasteiger partial charge is 0.278 e. The van der Waals surface area contributed by atoms with Crippen LogP contribution in [0.5, 0.6) is 0 Å². The number of halogens is 1. The molecule has 2 amide bonds. The molecule has 1 unspecified atom stereocenters. The summed E-state index contributed by atoms with van der Waals surface area (Å²) in [6.45, 7) is 2.31. The summed E-state index contributed by atoms with van der Waals surface area (Å²) in [6.07, 6.45) is 1.59. The second kappa shape index (κ2) is 4.00. The van der Waals surface area contributed by atoms with Crippen molar-refractivity contribution in [3.8, 4) is 0 Å². The average Bonchev–Trinajstić information content (AvgIpc) is 2.57. The van der Waals surface area contributed by atoms with Crippen LogP contribution in [0.1, 0.15) is 23.7 Å². The molecule has 1 fully saturated rings. The zero-order valence-electron chi connectivity index (χ0n) is 8.81. The predicted molar refractivity (Wildman–Crippen MR) is 54.0 cm³/mol. The minimum atomic E-state index is -0.717. The number of pyridine rings is 1. The Morgan fingerprint density at radius 2 is 2.38 bits per heavy atom. The van der Waals surface area contributed by atoms with E-state index in [1.807, 2.05) is 6.92 Å². The molecule has 0 radical (unpaired) electrons. The van der Waals surface area contributed by atoms with Crippen LogP contribution in [-0.2, 0) is 4.79 Å². The van der Waals surface area contributed by atoms with Gasteiger partial charge in [-0.25, -0.2) is 4.98 Å². The van der Waals surface area contributed by atoms with Crippen LogP contribution in [0.2, 0.25) is 0 Å². The fourth-order valence-corrected chi connectivity index (χ4v) is 1.77. The van der Waals surface area contributed by atoms with Crippen LogP contribution in [0.15, 0.2) is 18.3 Å². The smallest absolute Gasteiger partial charge is 0.260 e. The van der Waals surface area contributed by atoms with Gasteiger partial charge in [0.05, 0.1) is 0 Å². The van der Waals surface area contributed by atoms with Gasteiger partial charge in [-0.05, 0) is 12.0 Å². The maximum absolute atomic E-state index is 12.8. The van der Waals surface area contributed by atoms with Crippen LogP contribution >= 0.6 is 0 Å². The van der Waals surface area contributed by atoms with E-state index in [1.54, 1.807) is 0 Å². The van der Waals surface area contributed by atoms with E-state index in [0.717, 1.165) is 6.07 Å². The van der Waals surface area contributed by atoms with E-state index >= 15 is 0 Å². The first kappa shape index (κ1) is 10.7. The Labute approximate surface area is 92.1 Å². The molecule has 1 aromatic heterocycles. The molecule has 0 spiro atoms. The molecule has 1 aromatic rings. The van der Waals surface area contributed by atoms with Crippen LogP contribution in [-0.4, -0.2) is 28.2 Å². The monoisotopic (exact) mass is 222 g/mol. The summed E-state index contributed by atoms with van der Waals surface area (Å²) in [5.74, 6) is -1.20. The topological polar surface area (TPSA) is 50.3 Å². The summed E-state index contributed by atoms with van der Waals surface area (Å²) >= 11 is 0. The third kappa shape index (κ3) is 1.93. The lowest BCUT2D eigenvalue weighted by atomic mass is 10.2. The summed E-state index contributed by atoms with van der Waals surface area (Å²) in [7, 11) is 0. The van der Waals surface area contributed by atoms with Gasteiger partial charge in [0.1, 0.15) is 0 Å². The van der Waals surface area contributed by atoms with Crippen molar-refractivity contribution in [1.29, 1.82) is 0 Å². The van der Waals surface area contributed by atoms with Gasteiger partial charge in [0, 0.05) is 30.8 Å².